The zero-order valence-electron chi connectivity index (χ0n) is 11.2. The van der Waals surface area contributed by atoms with Crippen LogP contribution < -0.4 is 4.90 Å². The molecule has 0 spiro atoms. The van der Waals surface area contributed by atoms with E-state index < -0.39 is 4.92 Å². The Kier molecular flexibility index (Phi) is 3.70. The molecule has 100 valence electrons. The SMILES string of the molecule is CC(C)N(CC1CC1)c1ccc([N+](=O)[O-])cc1C#N. The molecule has 0 bridgehead atoms. The molecule has 1 aromatic rings. The highest BCUT2D eigenvalue weighted by Crippen LogP contribution is 2.34. The molecule has 1 fully saturated rings. The van der Waals surface area contributed by atoms with Crippen molar-refractivity contribution in [3.63, 3.8) is 0 Å². The van der Waals surface area contributed by atoms with E-state index >= 15 is 0 Å². The van der Waals surface area contributed by atoms with Crippen molar-refractivity contribution in [2.75, 3.05) is 11.4 Å². The Balaban J connectivity index is 2.35. The third-order valence-electron chi connectivity index (χ3n) is 3.40. The molecule has 0 atom stereocenters. The summed E-state index contributed by atoms with van der Waals surface area (Å²) in [6, 6.07) is 6.87. The van der Waals surface area contributed by atoms with E-state index in [-0.39, 0.29) is 11.7 Å². The maximum absolute atomic E-state index is 10.8. The number of non-ortho nitro benzene ring substituents is 1. The van der Waals surface area contributed by atoms with Crippen LogP contribution >= 0.6 is 0 Å². The Hall–Kier alpha value is -2.09. The van der Waals surface area contributed by atoms with Crippen molar-refractivity contribution in [3.8, 4) is 6.07 Å². The van der Waals surface area contributed by atoms with Gasteiger partial charge in [-0.1, -0.05) is 0 Å². The smallest absolute Gasteiger partial charge is 0.270 e. The van der Waals surface area contributed by atoms with E-state index in [1.165, 1.54) is 25.0 Å². The molecule has 5 nitrogen and oxygen atoms in total. The van der Waals surface area contributed by atoms with E-state index in [9.17, 15) is 15.4 Å². The van der Waals surface area contributed by atoms with E-state index in [2.05, 4.69) is 24.8 Å². The zero-order valence-corrected chi connectivity index (χ0v) is 11.2. The standard InChI is InChI=1S/C14H17N3O2/c1-10(2)16(9-11-3-4-11)14-6-5-13(17(18)19)7-12(14)8-15/h5-7,10-11H,3-4,9H2,1-2H3. The third-order valence-corrected chi connectivity index (χ3v) is 3.40. The minimum Gasteiger partial charge on any atom is -0.368 e. The Morgan fingerprint density at radius 3 is 2.68 bits per heavy atom. The molecule has 0 radical (unpaired) electrons. The van der Waals surface area contributed by atoms with Crippen molar-refractivity contribution in [2.24, 2.45) is 5.92 Å². The van der Waals surface area contributed by atoms with Gasteiger partial charge in [0.25, 0.3) is 5.69 Å². The van der Waals surface area contributed by atoms with Crippen LogP contribution in [-0.2, 0) is 0 Å². The Bertz CT molecular complexity index is 530. The van der Waals surface area contributed by atoms with Gasteiger partial charge in [-0.3, -0.25) is 10.1 Å². The van der Waals surface area contributed by atoms with Gasteiger partial charge in [0.2, 0.25) is 0 Å². The van der Waals surface area contributed by atoms with Gasteiger partial charge in [-0.15, -0.1) is 0 Å². The normalized spacial score (nSPS) is 14.2. The highest BCUT2D eigenvalue weighted by atomic mass is 16.6. The highest BCUT2D eigenvalue weighted by Gasteiger charge is 2.27. The largest absolute Gasteiger partial charge is 0.368 e. The van der Waals surface area contributed by atoms with E-state index in [1.807, 2.05) is 0 Å². The second-order valence-corrected chi connectivity index (χ2v) is 5.26. The van der Waals surface area contributed by atoms with Crippen molar-refractivity contribution in [1.29, 1.82) is 5.26 Å². The predicted molar refractivity (Wildman–Crippen MR) is 73.0 cm³/mol. The van der Waals surface area contributed by atoms with Gasteiger partial charge in [0.15, 0.2) is 0 Å². The minimum absolute atomic E-state index is 0.0320. The number of nitro groups is 1. The molecule has 0 unspecified atom stereocenters. The fourth-order valence-electron chi connectivity index (χ4n) is 2.14. The van der Waals surface area contributed by atoms with Gasteiger partial charge in [-0.05, 0) is 38.7 Å². The fraction of sp³-hybridized carbons (Fsp3) is 0.500. The second kappa shape index (κ2) is 5.27. The van der Waals surface area contributed by atoms with Crippen LogP contribution in [0.3, 0.4) is 0 Å². The van der Waals surface area contributed by atoms with Crippen LogP contribution in [0.15, 0.2) is 18.2 Å². The van der Waals surface area contributed by atoms with Gasteiger partial charge in [0.1, 0.15) is 6.07 Å². The van der Waals surface area contributed by atoms with Crippen molar-refractivity contribution in [1.82, 2.24) is 0 Å². The molecular formula is C14H17N3O2. The van der Waals surface area contributed by atoms with Crippen molar-refractivity contribution < 1.29 is 4.92 Å². The number of hydrogen-bond donors (Lipinski definition) is 0. The molecule has 2 rings (SSSR count). The lowest BCUT2D eigenvalue weighted by Gasteiger charge is -2.29. The van der Waals surface area contributed by atoms with E-state index in [0.717, 1.165) is 12.2 Å². The maximum atomic E-state index is 10.8. The number of benzene rings is 1. The van der Waals surface area contributed by atoms with E-state index in [0.29, 0.717) is 11.5 Å². The summed E-state index contributed by atoms with van der Waals surface area (Å²) in [5.41, 5.74) is 1.15. The third kappa shape index (κ3) is 3.02. The van der Waals surface area contributed by atoms with Gasteiger partial charge >= 0.3 is 0 Å². The van der Waals surface area contributed by atoms with Gasteiger partial charge in [0, 0.05) is 24.7 Å². The molecule has 19 heavy (non-hydrogen) atoms. The summed E-state index contributed by atoms with van der Waals surface area (Å²) in [6.07, 6.45) is 2.47. The number of hydrogen-bond acceptors (Lipinski definition) is 4. The van der Waals surface area contributed by atoms with Gasteiger partial charge in [-0.25, -0.2) is 0 Å². The number of nitriles is 1. The Morgan fingerprint density at radius 1 is 1.53 bits per heavy atom. The van der Waals surface area contributed by atoms with Crippen LogP contribution in [0.4, 0.5) is 11.4 Å². The summed E-state index contributed by atoms with van der Waals surface area (Å²) in [7, 11) is 0. The molecule has 0 aromatic heterocycles. The lowest BCUT2D eigenvalue weighted by molar-refractivity contribution is -0.384. The molecule has 0 heterocycles. The second-order valence-electron chi connectivity index (χ2n) is 5.26. The first-order valence-corrected chi connectivity index (χ1v) is 6.48. The molecule has 0 saturated heterocycles. The molecular weight excluding hydrogens is 242 g/mol. The molecule has 1 aromatic carbocycles. The van der Waals surface area contributed by atoms with E-state index in [1.54, 1.807) is 6.07 Å². The van der Waals surface area contributed by atoms with Crippen LogP contribution in [0.5, 0.6) is 0 Å². The fourth-order valence-corrected chi connectivity index (χ4v) is 2.14. The first kappa shape index (κ1) is 13.3. The first-order chi connectivity index (χ1) is 9.02. The molecule has 1 aliphatic rings. The van der Waals surface area contributed by atoms with Crippen LogP contribution in [-0.4, -0.2) is 17.5 Å². The molecule has 5 heteroatoms. The van der Waals surface area contributed by atoms with Gasteiger partial charge < -0.3 is 4.90 Å². The number of rotatable bonds is 5. The number of nitrogens with zero attached hydrogens (tertiary/aromatic N) is 3. The molecule has 0 N–H and O–H groups in total. The summed E-state index contributed by atoms with van der Waals surface area (Å²) in [4.78, 5) is 12.5. The Labute approximate surface area is 112 Å². The molecule has 1 aliphatic carbocycles. The zero-order chi connectivity index (χ0) is 14.0. The number of nitro benzene ring substituents is 1. The summed E-state index contributed by atoms with van der Waals surface area (Å²) in [5, 5.41) is 20.0. The highest BCUT2D eigenvalue weighted by molar-refractivity contribution is 5.63. The van der Waals surface area contributed by atoms with Crippen LogP contribution in [0.25, 0.3) is 0 Å². The summed E-state index contributed by atoms with van der Waals surface area (Å²) < 4.78 is 0. The van der Waals surface area contributed by atoms with Crippen LogP contribution in [0.2, 0.25) is 0 Å². The maximum Gasteiger partial charge on any atom is 0.270 e. The summed E-state index contributed by atoms with van der Waals surface area (Å²) >= 11 is 0. The first-order valence-electron chi connectivity index (χ1n) is 6.48. The quantitative estimate of drug-likeness (QED) is 0.601. The van der Waals surface area contributed by atoms with Crippen molar-refractivity contribution in [2.45, 2.75) is 32.7 Å². The van der Waals surface area contributed by atoms with Crippen LogP contribution in [0.1, 0.15) is 32.3 Å². The molecule has 0 amide bonds. The van der Waals surface area contributed by atoms with Crippen LogP contribution in [0, 0.1) is 27.4 Å². The van der Waals surface area contributed by atoms with Crippen molar-refractivity contribution in [3.05, 3.63) is 33.9 Å². The number of anilines is 1. The average Bonchev–Trinajstić information content (AvgIpc) is 3.18. The summed E-state index contributed by atoms with van der Waals surface area (Å²) in [5.74, 6) is 0.698. The lowest BCUT2D eigenvalue weighted by Crippen LogP contribution is -2.33. The average molecular weight is 259 g/mol. The summed E-state index contributed by atoms with van der Waals surface area (Å²) in [6.45, 7) is 5.07. The Morgan fingerprint density at radius 2 is 2.21 bits per heavy atom. The van der Waals surface area contributed by atoms with Crippen molar-refractivity contribution >= 4 is 11.4 Å². The van der Waals surface area contributed by atoms with Gasteiger partial charge in [-0.2, -0.15) is 5.26 Å². The van der Waals surface area contributed by atoms with E-state index in [4.69, 9.17) is 0 Å². The topological polar surface area (TPSA) is 70.2 Å². The predicted octanol–water partition coefficient (Wildman–Crippen LogP) is 3.09. The molecule has 1 saturated carbocycles. The minimum atomic E-state index is -0.467. The lowest BCUT2D eigenvalue weighted by atomic mass is 10.1. The monoisotopic (exact) mass is 259 g/mol. The molecule has 0 aliphatic heterocycles. The van der Waals surface area contributed by atoms with Gasteiger partial charge in [0.05, 0.1) is 16.2 Å².